The van der Waals surface area contributed by atoms with Gasteiger partial charge in [-0.05, 0) is 27.2 Å². The average Bonchev–Trinajstić information content (AvgIpc) is 2.24. The van der Waals surface area contributed by atoms with Crippen molar-refractivity contribution in [3.63, 3.8) is 0 Å². The Morgan fingerprint density at radius 1 is 1.24 bits per heavy atom. The van der Waals surface area contributed by atoms with Crippen LogP contribution in [-0.2, 0) is 4.79 Å². The summed E-state index contributed by atoms with van der Waals surface area (Å²) >= 11 is 0. The number of nitrogens with zero attached hydrogens (tertiary/aromatic N) is 2. The van der Waals surface area contributed by atoms with Gasteiger partial charge < -0.3 is 5.73 Å². The molecule has 1 aliphatic rings. The maximum atomic E-state index is 11.4. The molecule has 0 spiro atoms. The second-order valence-electron chi connectivity index (χ2n) is 5.90. The van der Waals surface area contributed by atoms with Crippen molar-refractivity contribution in [2.24, 2.45) is 5.73 Å². The molecule has 0 unspecified atom stereocenters. The van der Waals surface area contributed by atoms with Crippen LogP contribution in [0, 0.1) is 0 Å². The van der Waals surface area contributed by atoms with Gasteiger partial charge >= 0.3 is 0 Å². The molecule has 1 atom stereocenters. The number of primary amides is 1. The summed E-state index contributed by atoms with van der Waals surface area (Å²) in [6.07, 6.45) is 1.89. The van der Waals surface area contributed by atoms with E-state index in [4.69, 9.17) is 5.73 Å². The van der Waals surface area contributed by atoms with E-state index in [1.165, 1.54) is 0 Å². The lowest BCUT2D eigenvalue weighted by atomic mass is 10.0. The average molecular weight is 241 g/mol. The number of rotatable bonds is 4. The van der Waals surface area contributed by atoms with Crippen molar-refractivity contribution in [1.82, 2.24) is 9.80 Å². The fourth-order valence-electron chi connectivity index (χ4n) is 2.48. The van der Waals surface area contributed by atoms with Crippen LogP contribution in [0.25, 0.3) is 0 Å². The fourth-order valence-corrected chi connectivity index (χ4v) is 2.48. The molecule has 0 aromatic heterocycles. The summed E-state index contributed by atoms with van der Waals surface area (Å²) in [4.78, 5) is 16.1. The van der Waals surface area contributed by atoms with Crippen LogP contribution >= 0.6 is 0 Å². The minimum absolute atomic E-state index is 0.0675. The van der Waals surface area contributed by atoms with Crippen LogP contribution in [0.1, 0.15) is 40.5 Å². The molecule has 1 aliphatic heterocycles. The molecule has 0 bridgehead atoms. The highest BCUT2D eigenvalue weighted by molar-refractivity contribution is 5.79. The molecule has 4 heteroatoms. The predicted molar refractivity (Wildman–Crippen MR) is 70.8 cm³/mol. The third-order valence-corrected chi connectivity index (χ3v) is 3.59. The van der Waals surface area contributed by atoms with Crippen molar-refractivity contribution < 1.29 is 4.79 Å². The van der Waals surface area contributed by atoms with E-state index in [1.807, 2.05) is 0 Å². The van der Waals surface area contributed by atoms with Gasteiger partial charge in [0.25, 0.3) is 0 Å². The monoisotopic (exact) mass is 241 g/mol. The maximum Gasteiger partial charge on any atom is 0.234 e. The van der Waals surface area contributed by atoms with Crippen molar-refractivity contribution in [3.8, 4) is 0 Å². The standard InChI is InChI=1S/C13H27N3O/c1-5-6-11(12(14)17)15-7-9-16(10-8-15)13(2,3)4/h11H,5-10H2,1-4H3,(H2,14,17)/t11-/m1/s1. The molecular weight excluding hydrogens is 214 g/mol. The van der Waals surface area contributed by atoms with Gasteiger partial charge in [-0.1, -0.05) is 13.3 Å². The second-order valence-corrected chi connectivity index (χ2v) is 5.90. The van der Waals surface area contributed by atoms with E-state index in [1.54, 1.807) is 0 Å². The van der Waals surface area contributed by atoms with Gasteiger partial charge in [0.15, 0.2) is 0 Å². The zero-order valence-corrected chi connectivity index (χ0v) is 11.7. The number of nitrogens with two attached hydrogens (primary N) is 1. The van der Waals surface area contributed by atoms with Crippen molar-refractivity contribution in [2.75, 3.05) is 26.2 Å². The highest BCUT2D eigenvalue weighted by Crippen LogP contribution is 2.18. The second kappa shape index (κ2) is 5.83. The van der Waals surface area contributed by atoms with E-state index in [2.05, 4.69) is 37.5 Å². The molecule has 0 aromatic carbocycles. The Kier molecular flexibility index (Phi) is 4.95. The third kappa shape index (κ3) is 3.96. The van der Waals surface area contributed by atoms with E-state index >= 15 is 0 Å². The van der Waals surface area contributed by atoms with Gasteiger partial charge in [-0.2, -0.15) is 0 Å². The van der Waals surface area contributed by atoms with Gasteiger partial charge in [0.05, 0.1) is 6.04 Å². The smallest absolute Gasteiger partial charge is 0.234 e. The van der Waals surface area contributed by atoms with Gasteiger partial charge in [-0.15, -0.1) is 0 Å². The van der Waals surface area contributed by atoms with Crippen LogP contribution in [0.15, 0.2) is 0 Å². The highest BCUT2D eigenvalue weighted by Gasteiger charge is 2.30. The first-order valence-electron chi connectivity index (χ1n) is 6.64. The van der Waals surface area contributed by atoms with Crippen LogP contribution in [0.2, 0.25) is 0 Å². The molecular formula is C13H27N3O. The Morgan fingerprint density at radius 2 is 1.76 bits per heavy atom. The van der Waals surface area contributed by atoms with Crippen LogP contribution < -0.4 is 5.73 Å². The maximum absolute atomic E-state index is 11.4. The van der Waals surface area contributed by atoms with E-state index in [0.29, 0.717) is 0 Å². The number of hydrogen-bond acceptors (Lipinski definition) is 3. The Labute approximate surface area is 105 Å². The molecule has 0 saturated carbocycles. The Balaban J connectivity index is 2.52. The summed E-state index contributed by atoms with van der Waals surface area (Å²) in [6, 6.07) is -0.0675. The summed E-state index contributed by atoms with van der Waals surface area (Å²) < 4.78 is 0. The van der Waals surface area contributed by atoms with E-state index in [9.17, 15) is 4.79 Å². The number of carbonyl (C=O) groups is 1. The molecule has 0 radical (unpaired) electrons. The molecule has 1 heterocycles. The van der Waals surface area contributed by atoms with E-state index in [0.717, 1.165) is 39.0 Å². The molecule has 1 saturated heterocycles. The molecule has 1 rings (SSSR count). The van der Waals surface area contributed by atoms with Crippen molar-refractivity contribution in [3.05, 3.63) is 0 Å². The summed E-state index contributed by atoms with van der Waals surface area (Å²) in [5, 5.41) is 0. The molecule has 100 valence electrons. The van der Waals surface area contributed by atoms with Gasteiger partial charge in [-0.25, -0.2) is 0 Å². The summed E-state index contributed by atoms with van der Waals surface area (Å²) in [6.45, 7) is 12.8. The Bertz CT molecular complexity index is 252. The van der Waals surface area contributed by atoms with E-state index in [-0.39, 0.29) is 17.5 Å². The van der Waals surface area contributed by atoms with Crippen LogP contribution in [0.5, 0.6) is 0 Å². The normalized spacial score (nSPS) is 21.4. The molecule has 0 aromatic rings. The minimum Gasteiger partial charge on any atom is -0.368 e. The summed E-state index contributed by atoms with van der Waals surface area (Å²) in [5.41, 5.74) is 5.70. The zero-order valence-electron chi connectivity index (χ0n) is 11.7. The van der Waals surface area contributed by atoms with Crippen LogP contribution in [0.3, 0.4) is 0 Å². The van der Waals surface area contributed by atoms with Gasteiger partial charge in [0.1, 0.15) is 0 Å². The summed E-state index contributed by atoms with van der Waals surface area (Å²) in [7, 11) is 0. The fraction of sp³-hybridized carbons (Fsp3) is 0.923. The first-order valence-corrected chi connectivity index (χ1v) is 6.64. The van der Waals surface area contributed by atoms with Gasteiger partial charge in [0, 0.05) is 31.7 Å². The number of amides is 1. The van der Waals surface area contributed by atoms with Crippen molar-refractivity contribution in [1.29, 1.82) is 0 Å². The van der Waals surface area contributed by atoms with E-state index < -0.39 is 0 Å². The van der Waals surface area contributed by atoms with Gasteiger partial charge in [0.2, 0.25) is 5.91 Å². The number of hydrogen-bond donors (Lipinski definition) is 1. The lowest BCUT2D eigenvalue weighted by Crippen LogP contribution is -2.57. The minimum atomic E-state index is -0.170. The Hall–Kier alpha value is -0.610. The molecule has 2 N–H and O–H groups in total. The lowest BCUT2D eigenvalue weighted by molar-refractivity contribution is -0.124. The first kappa shape index (κ1) is 14.5. The van der Waals surface area contributed by atoms with Crippen molar-refractivity contribution in [2.45, 2.75) is 52.1 Å². The largest absolute Gasteiger partial charge is 0.368 e. The van der Waals surface area contributed by atoms with Crippen LogP contribution in [0.4, 0.5) is 0 Å². The lowest BCUT2D eigenvalue weighted by Gasteiger charge is -2.44. The predicted octanol–water partition coefficient (Wildman–Crippen LogP) is 1.06. The number of carbonyl (C=O) groups excluding carboxylic acids is 1. The SMILES string of the molecule is CCC[C@H](C(N)=O)N1CCN(C(C)(C)C)CC1. The third-order valence-electron chi connectivity index (χ3n) is 3.59. The molecule has 1 amide bonds. The van der Waals surface area contributed by atoms with Crippen molar-refractivity contribution >= 4 is 5.91 Å². The first-order chi connectivity index (χ1) is 7.86. The van der Waals surface area contributed by atoms with Gasteiger partial charge in [-0.3, -0.25) is 14.6 Å². The highest BCUT2D eigenvalue weighted by atomic mass is 16.1. The molecule has 17 heavy (non-hydrogen) atoms. The summed E-state index contributed by atoms with van der Waals surface area (Å²) in [5.74, 6) is -0.170. The quantitative estimate of drug-likeness (QED) is 0.800. The molecule has 1 fully saturated rings. The topological polar surface area (TPSA) is 49.6 Å². The van der Waals surface area contributed by atoms with Crippen LogP contribution in [-0.4, -0.2) is 53.5 Å². The Morgan fingerprint density at radius 3 is 2.12 bits per heavy atom. The number of piperazine rings is 1. The molecule has 0 aliphatic carbocycles. The zero-order chi connectivity index (χ0) is 13.1. The molecule has 4 nitrogen and oxygen atoms in total.